The SMILES string of the molecule is COC1CCC(NC2CC(C)c3c(C)ccc(O)c32)C1. The van der Waals surface area contributed by atoms with E-state index in [4.69, 9.17) is 4.74 Å². The molecule has 3 heteroatoms. The molecule has 20 heavy (non-hydrogen) atoms. The van der Waals surface area contributed by atoms with Crippen molar-refractivity contribution < 1.29 is 9.84 Å². The standard InChI is InChI=1S/C17H25NO2/c1-10-4-7-15(19)17-14(8-11(2)16(10)17)18-12-5-6-13(9-12)20-3/h4,7,11-14,18-19H,5-6,8-9H2,1-3H3. The first kappa shape index (κ1) is 13.9. The molecule has 1 aromatic rings. The number of hydrogen-bond acceptors (Lipinski definition) is 3. The molecule has 4 atom stereocenters. The first-order chi connectivity index (χ1) is 9.60. The van der Waals surface area contributed by atoms with Gasteiger partial charge >= 0.3 is 0 Å². The van der Waals surface area contributed by atoms with E-state index in [2.05, 4.69) is 19.2 Å². The number of nitrogens with one attached hydrogen (secondary N) is 1. The molecular formula is C17H25NO2. The zero-order valence-corrected chi connectivity index (χ0v) is 12.6. The van der Waals surface area contributed by atoms with Gasteiger partial charge in [0.1, 0.15) is 5.75 Å². The summed E-state index contributed by atoms with van der Waals surface area (Å²) in [5.41, 5.74) is 3.79. The van der Waals surface area contributed by atoms with Gasteiger partial charge in [0.15, 0.2) is 0 Å². The van der Waals surface area contributed by atoms with Crippen LogP contribution in [0.3, 0.4) is 0 Å². The number of benzene rings is 1. The van der Waals surface area contributed by atoms with Crippen molar-refractivity contribution in [2.45, 2.75) is 63.6 Å². The summed E-state index contributed by atoms with van der Waals surface area (Å²) < 4.78 is 5.45. The van der Waals surface area contributed by atoms with E-state index in [1.54, 1.807) is 7.11 Å². The number of hydrogen-bond donors (Lipinski definition) is 2. The molecule has 0 heterocycles. The molecule has 110 valence electrons. The van der Waals surface area contributed by atoms with Crippen molar-refractivity contribution >= 4 is 0 Å². The van der Waals surface area contributed by atoms with Gasteiger partial charge in [-0.15, -0.1) is 0 Å². The van der Waals surface area contributed by atoms with E-state index < -0.39 is 0 Å². The van der Waals surface area contributed by atoms with E-state index in [1.807, 2.05) is 12.1 Å². The van der Waals surface area contributed by atoms with Crippen LogP contribution in [0.4, 0.5) is 0 Å². The number of rotatable bonds is 3. The highest BCUT2D eigenvalue weighted by Crippen LogP contribution is 2.46. The van der Waals surface area contributed by atoms with Crippen LogP contribution in [0.5, 0.6) is 5.75 Å². The smallest absolute Gasteiger partial charge is 0.120 e. The van der Waals surface area contributed by atoms with E-state index in [1.165, 1.54) is 17.5 Å². The molecule has 2 N–H and O–H groups in total. The van der Waals surface area contributed by atoms with E-state index >= 15 is 0 Å². The molecule has 4 unspecified atom stereocenters. The molecule has 0 spiro atoms. The first-order valence-corrected chi connectivity index (χ1v) is 7.71. The van der Waals surface area contributed by atoms with Crippen molar-refractivity contribution in [1.82, 2.24) is 5.32 Å². The van der Waals surface area contributed by atoms with Gasteiger partial charge in [0.2, 0.25) is 0 Å². The summed E-state index contributed by atoms with van der Waals surface area (Å²) in [6, 6.07) is 4.68. The molecule has 3 rings (SSSR count). The lowest BCUT2D eigenvalue weighted by Crippen LogP contribution is -2.30. The second-order valence-corrected chi connectivity index (χ2v) is 6.45. The fourth-order valence-electron chi connectivity index (χ4n) is 4.08. The summed E-state index contributed by atoms with van der Waals surface area (Å²) in [5.74, 6) is 0.975. The number of phenols is 1. The molecular weight excluding hydrogens is 250 g/mol. The molecule has 1 fully saturated rings. The number of ether oxygens (including phenoxy) is 1. The lowest BCUT2D eigenvalue weighted by atomic mass is 9.97. The summed E-state index contributed by atoms with van der Waals surface area (Å²) in [6.45, 7) is 4.41. The Bertz CT molecular complexity index is 500. The maximum absolute atomic E-state index is 10.3. The average Bonchev–Trinajstić information content (AvgIpc) is 3.00. The minimum atomic E-state index is 0.292. The van der Waals surface area contributed by atoms with Gasteiger partial charge in [-0.3, -0.25) is 0 Å². The van der Waals surface area contributed by atoms with Crippen LogP contribution in [0.2, 0.25) is 0 Å². The van der Waals surface area contributed by atoms with Crippen LogP contribution in [0, 0.1) is 6.92 Å². The van der Waals surface area contributed by atoms with Crippen molar-refractivity contribution in [3.8, 4) is 5.75 Å². The van der Waals surface area contributed by atoms with Gasteiger partial charge in [-0.1, -0.05) is 13.0 Å². The van der Waals surface area contributed by atoms with Gasteiger partial charge in [0, 0.05) is 24.8 Å². The Balaban J connectivity index is 1.80. The van der Waals surface area contributed by atoms with Crippen LogP contribution in [0.1, 0.15) is 61.3 Å². The predicted molar refractivity (Wildman–Crippen MR) is 80.2 cm³/mol. The fourth-order valence-corrected chi connectivity index (χ4v) is 4.08. The monoisotopic (exact) mass is 275 g/mol. The molecule has 0 bridgehead atoms. The van der Waals surface area contributed by atoms with Crippen LogP contribution < -0.4 is 5.32 Å². The van der Waals surface area contributed by atoms with Crippen LogP contribution in [0.25, 0.3) is 0 Å². The molecule has 0 aromatic heterocycles. The van der Waals surface area contributed by atoms with Crippen LogP contribution in [0.15, 0.2) is 12.1 Å². The largest absolute Gasteiger partial charge is 0.508 e. The lowest BCUT2D eigenvalue weighted by molar-refractivity contribution is 0.106. The van der Waals surface area contributed by atoms with Crippen molar-refractivity contribution in [1.29, 1.82) is 0 Å². The predicted octanol–water partition coefficient (Wildman–Crippen LogP) is 3.41. The highest BCUT2D eigenvalue weighted by molar-refractivity contribution is 5.50. The normalized spacial score (nSPS) is 32.5. The van der Waals surface area contributed by atoms with Gasteiger partial charge in [0.25, 0.3) is 0 Å². The second kappa shape index (κ2) is 5.38. The van der Waals surface area contributed by atoms with E-state index in [-0.39, 0.29) is 0 Å². The number of aromatic hydroxyl groups is 1. The Kier molecular flexibility index (Phi) is 3.74. The fraction of sp³-hybridized carbons (Fsp3) is 0.647. The van der Waals surface area contributed by atoms with E-state index in [0.29, 0.717) is 29.9 Å². The molecule has 2 aliphatic carbocycles. The molecule has 0 amide bonds. The zero-order chi connectivity index (χ0) is 14.3. The zero-order valence-electron chi connectivity index (χ0n) is 12.6. The molecule has 0 saturated heterocycles. The van der Waals surface area contributed by atoms with Gasteiger partial charge in [-0.25, -0.2) is 0 Å². The topological polar surface area (TPSA) is 41.5 Å². The van der Waals surface area contributed by atoms with Gasteiger partial charge in [-0.05, 0) is 55.7 Å². The second-order valence-electron chi connectivity index (χ2n) is 6.45. The van der Waals surface area contributed by atoms with Crippen molar-refractivity contribution in [3.05, 3.63) is 28.8 Å². The number of fused-ring (bicyclic) bond motifs is 1. The molecule has 0 aliphatic heterocycles. The van der Waals surface area contributed by atoms with Crippen molar-refractivity contribution in [2.24, 2.45) is 0 Å². The van der Waals surface area contributed by atoms with Crippen LogP contribution in [-0.2, 0) is 4.74 Å². The highest BCUT2D eigenvalue weighted by atomic mass is 16.5. The Morgan fingerprint density at radius 3 is 2.70 bits per heavy atom. The quantitative estimate of drug-likeness (QED) is 0.888. The molecule has 1 saturated carbocycles. The Morgan fingerprint density at radius 2 is 2.00 bits per heavy atom. The third-order valence-corrected chi connectivity index (χ3v) is 5.07. The maximum atomic E-state index is 10.3. The lowest BCUT2D eigenvalue weighted by Gasteiger charge is -2.21. The summed E-state index contributed by atoms with van der Waals surface area (Å²) >= 11 is 0. The molecule has 3 nitrogen and oxygen atoms in total. The molecule has 0 radical (unpaired) electrons. The minimum absolute atomic E-state index is 0.292. The molecule has 1 aromatic carbocycles. The summed E-state index contributed by atoms with van der Waals surface area (Å²) in [5, 5.41) is 14.0. The number of aryl methyl sites for hydroxylation is 1. The summed E-state index contributed by atoms with van der Waals surface area (Å²) in [7, 11) is 1.80. The minimum Gasteiger partial charge on any atom is -0.508 e. The van der Waals surface area contributed by atoms with E-state index in [0.717, 1.165) is 24.8 Å². The van der Waals surface area contributed by atoms with Gasteiger partial charge in [0.05, 0.1) is 6.10 Å². The Morgan fingerprint density at radius 1 is 1.20 bits per heavy atom. The average molecular weight is 275 g/mol. The molecule has 2 aliphatic rings. The van der Waals surface area contributed by atoms with E-state index in [9.17, 15) is 5.11 Å². The van der Waals surface area contributed by atoms with Crippen LogP contribution >= 0.6 is 0 Å². The summed E-state index contributed by atoms with van der Waals surface area (Å²) in [4.78, 5) is 0. The highest BCUT2D eigenvalue weighted by Gasteiger charge is 2.35. The number of methoxy groups -OCH3 is 1. The van der Waals surface area contributed by atoms with Crippen molar-refractivity contribution in [3.63, 3.8) is 0 Å². The Hall–Kier alpha value is -1.06. The van der Waals surface area contributed by atoms with Crippen LogP contribution in [-0.4, -0.2) is 24.4 Å². The third kappa shape index (κ3) is 2.33. The number of phenolic OH excluding ortho intramolecular Hbond substituents is 1. The van der Waals surface area contributed by atoms with Crippen molar-refractivity contribution in [2.75, 3.05) is 7.11 Å². The Labute approximate surface area is 121 Å². The first-order valence-electron chi connectivity index (χ1n) is 7.71. The third-order valence-electron chi connectivity index (χ3n) is 5.07. The maximum Gasteiger partial charge on any atom is 0.120 e. The summed E-state index contributed by atoms with van der Waals surface area (Å²) in [6.07, 6.45) is 4.89. The van der Waals surface area contributed by atoms with Gasteiger partial charge in [-0.2, -0.15) is 0 Å². The van der Waals surface area contributed by atoms with Gasteiger partial charge < -0.3 is 15.2 Å².